The molecule has 3 nitrogen and oxygen atoms in total. The number of anilines is 1. The molecule has 0 radical (unpaired) electrons. The molecule has 1 N–H and O–H groups in total. The van der Waals surface area contributed by atoms with Crippen molar-refractivity contribution in [2.24, 2.45) is 0 Å². The van der Waals surface area contributed by atoms with E-state index in [0.717, 1.165) is 38.4 Å². The molecule has 0 saturated carbocycles. The zero-order valence-corrected chi connectivity index (χ0v) is 13.0. The average Bonchev–Trinajstić information content (AvgIpc) is 2.51. The van der Waals surface area contributed by atoms with Crippen LogP contribution < -0.4 is 10.1 Å². The van der Waals surface area contributed by atoms with E-state index in [2.05, 4.69) is 42.3 Å². The number of aryl methyl sites for hydroxylation is 1. The summed E-state index contributed by atoms with van der Waals surface area (Å²) in [7, 11) is 0. The van der Waals surface area contributed by atoms with E-state index >= 15 is 0 Å². The number of nitrogens with one attached hydrogen (secondary N) is 1. The second-order valence-corrected chi connectivity index (χ2v) is 5.43. The number of unbranched alkanes of at least 4 members (excludes halogenated alkanes) is 1. The maximum atomic E-state index is 5.87. The fraction of sp³-hybridized carbons (Fsp3) is 0.647. The van der Waals surface area contributed by atoms with Crippen LogP contribution in [-0.4, -0.2) is 37.7 Å². The lowest BCUT2D eigenvalue weighted by molar-refractivity contribution is 0.266. The van der Waals surface area contributed by atoms with Crippen molar-refractivity contribution in [3.63, 3.8) is 0 Å². The Bertz CT molecular complexity index is 402. The van der Waals surface area contributed by atoms with Gasteiger partial charge in [0.15, 0.2) is 0 Å². The molecule has 112 valence electrons. The van der Waals surface area contributed by atoms with Gasteiger partial charge in [-0.05, 0) is 69.1 Å². The van der Waals surface area contributed by atoms with Gasteiger partial charge in [0, 0.05) is 12.2 Å². The largest absolute Gasteiger partial charge is 0.494 e. The summed E-state index contributed by atoms with van der Waals surface area (Å²) in [4.78, 5) is 2.46. The summed E-state index contributed by atoms with van der Waals surface area (Å²) in [6, 6.07) is 6.44. The minimum absolute atomic E-state index is 0.827. The van der Waals surface area contributed by atoms with Gasteiger partial charge in [0.2, 0.25) is 0 Å². The first-order valence-electron chi connectivity index (χ1n) is 8.05. The van der Waals surface area contributed by atoms with Gasteiger partial charge in [-0.15, -0.1) is 0 Å². The van der Waals surface area contributed by atoms with Gasteiger partial charge in [-0.2, -0.15) is 0 Å². The molecule has 1 aromatic carbocycles. The third-order valence-electron chi connectivity index (χ3n) is 4.05. The van der Waals surface area contributed by atoms with E-state index in [1.165, 1.54) is 37.1 Å². The molecule has 1 aliphatic rings. The monoisotopic (exact) mass is 276 g/mol. The Morgan fingerprint density at radius 1 is 1.20 bits per heavy atom. The topological polar surface area (TPSA) is 24.5 Å². The van der Waals surface area contributed by atoms with Crippen LogP contribution in [-0.2, 0) is 6.42 Å². The van der Waals surface area contributed by atoms with Crippen LogP contribution in [0.15, 0.2) is 18.2 Å². The van der Waals surface area contributed by atoms with Crippen LogP contribution in [0, 0.1) is 0 Å². The first-order valence-corrected chi connectivity index (χ1v) is 8.05. The lowest BCUT2D eigenvalue weighted by Crippen LogP contribution is -2.24. The molecule has 0 aromatic heterocycles. The fourth-order valence-corrected chi connectivity index (χ4v) is 2.71. The standard InChI is InChI=1S/C17H28N2O/c1-3-19(4-2)12-5-6-13-20-16-9-10-17-15(14-16)8-7-11-18-17/h9-10,14,18H,3-8,11-13H2,1-2H3. The number of rotatable bonds is 8. The molecule has 0 saturated heterocycles. The van der Waals surface area contributed by atoms with E-state index in [9.17, 15) is 0 Å². The van der Waals surface area contributed by atoms with Gasteiger partial charge in [-0.1, -0.05) is 13.8 Å². The van der Waals surface area contributed by atoms with E-state index in [-0.39, 0.29) is 0 Å². The van der Waals surface area contributed by atoms with Crippen molar-refractivity contribution < 1.29 is 4.74 Å². The Morgan fingerprint density at radius 2 is 2.05 bits per heavy atom. The van der Waals surface area contributed by atoms with Crippen LogP contribution in [0.25, 0.3) is 0 Å². The summed E-state index contributed by atoms with van der Waals surface area (Å²) in [5.41, 5.74) is 2.68. The Labute approximate surface area is 123 Å². The first-order chi connectivity index (χ1) is 9.83. The van der Waals surface area contributed by atoms with Crippen LogP contribution in [0.3, 0.4) is 0 Å². The number of ether oxygens (including phenoxy) is 1. The van der Waals surface area contributed by atoms with Gasteiger partial charge in [0.1, 0.15) is 5.75 Å². The van der Waals surface area contributed by atoms with Crippen molar-refractivity contribution in [3.05, 3.63) is 23.8 Å². The van der Waals surface area contributed by atoms with Crippen LogP contribution in [0.5, 0.6) is 5.75 Å². The summed E-state index contributed by atoms with van der Waals surface area (Å²) >= 11 is 0. The summed E-state index contributed by atoms with van der Waals surface area (Å²) in [5, 5.41) is 3.43. The molecule has 0 aliphatic carbocycles. The van der Waals surface area contributed by atoms with E-state index in [1.54, 1.807) is 0 Å². The zero-order valence-electron chi connectivity index (χ0n) is 13.0. The van der Waals surface area contributed by atoms with Gasteiger partial charge in [-0.25, -0.2) is 0 Å². The second kappa shape index (κ2) is 8.15. The summed E-state index contributed by atoms with van der Waals surface area (Å²) in [6.07, 6.45) is 4.74. The number of fused-ring (bicyclic) bond motifs is 1. The van der Waals surface area contributed by atoms with Crippen LogP contribution in [0.1, 0.15) is 38.7 Å². The molecule has 0 atom stereocenters. The van der Waals surface area contributed by atoms with Crippen molar-refractivity contribution in [2.45, 2.75) is 39.5 Å². The molecule has 0 bridgehead atoms. The van der Waals surface area contributed by atoms with Crippen LogP contribution in [0.2, 0.25) is 0 Å². The van der Waals surface area contributed by atoms with E-state index < -0.39 is 0 Å². The lowest BCUT2D eigenvalue weighted by Gasteiger charge is -2.19. The number of nitrogens with zero attached hydrogens (tertiary/aromatic N) is 1. The number of hydrogen-bond acceptors (Lipinski definition) is 3. The molecule has 3 heteroatoms. The Hall–Kier alpha value is -1.22. The Kier molecular flexibility index (Phi) is 6.19. The minimum Gasteiger partial charge on any atom is -0.494 e. The third kappa shape index (κ3) is 4.41. The quantitative estimate of drug-likeness (QED) is 0.735. The second-order valence-electron chi connectivity index (χ2n) is 5.43. The van der Waals surface area contributed by atoms with Crippen LogP contribution >= 0.6 is 0 Å². The van der Waals surface area contributed by atoms with Gasteiger partial charge in [0.25, 0.3) is 0 Å². The van der Waals surface area contributed by atoms with Gasteiger partial charge in [0.05, 0.1) is 6.61 Å². The van der Waals surface area contributed by atoms with Crippen molar-refractivity contribution in [2.75, 3.05) is 38.1 Å². The highest BCUT2D eigenvalue weighted by molar-refractivity contribution is 5.55. The van der Waals surface area contributed by atoms with Crippen molar-refractivity contribution in [1.82, 2.24) is 4.90 Å². The molecule has 0 fully saturated rings. The fourth-order valence-electron chi connectivity index (χ4n) is 2.71. The van der Waals surface area contributed by atoms with E-state index in [1.807, 2.05) is 0 Å². The summed E-state index contributed by atoms with van der Waals surface area (Å²) < 4.78 is 5.87. The Balaban J connectivity index is 1.69. The highest BCUT2D eigenvalue weighted by Gasteiger charge is 2.09. The van der Waals surface area contributed by atoms with Gasteiger partial charge >= 0.3 is 0 Å². The van der Waals surface area contributed by atoms with E-state index in [0.29, 0.717) is 0 Å². The molecule has 1 aromatic rings. The van der Waals surface area contributed by atoms with Crippen molar-refractivity contribution in [1.29, 1.82) is 0 Å². The molecular formula is C17H28N2O. The first kappa shape index (κ1) is 15.2. The summed E-state index contributed by atoms with van der Waals surface area (Å²) in [5.74, 6) is 1.02. The molecule has 0 spiro atoms. The number of hydrogen-bond donors (Lipinski definition) is 1. The predicted octanol–water partition coefficient (Wildman–Crippen LogP) is 3.55. The maximum Gasteiger partial charge on any atom is 0.119 e. The normalized spacial score (nSPS) is 13.9. The maximum absolute atomic E-state index is 5.87. The third-order valence-corrected chi connectivity index (χ3v) is 4.05. The van der Waals surface area contributed by atoms with Crippen LogP contribution in [0.4, 0.5) is 5.69 Å². The van der Waals surface area contributed by atoms with E-state index in [4.69, 9.17) is 4.74 Å². The highest BCUT2D eigenvalue weighted by atomic mass is 16.5. The molecule has 0 amide bonds. The van der Waals surface area contributed by atoms with Gasteiger partial charge in [-0.3, -0.25) is 0 Å². The highest BCUT2D eigenvalue weighted by Crippen LogP contribution is 2.26. The zero-order chi connectivity index (χ0) is 14.2. The smallest absolute Gasteiger partial charge is 0.119 e. The lowest BCUT2D eigenvalue weighted by atomic mass is 10.0. The minimum atomic E-state index is 0.827. The van der Waals surface area contributed by atoms with Crippen molar-refractivity contribution >= 4 is 5.69 Å². The van der Waals surface area contributed by atoms with Gasteiger partial charge < -0.3 is 15.0 Å². The number of benzene rings is 1. The summed E-state index contributed by atoms with van der Waals surface area (Å²) in [6.45, 7) is 9.85. The molecular weight excluding hydrogens is 248 g/mol. The Morgan fingerprint density at radius 3 is 2.85 bits per heavy atom. The predicted molar refractivity (Wildman–Crippen MR) is 85.8 cm³/mol. The average molecular weight is 276 g/mol. The molecule has 20 heavy (non-hydrogen) atoms. The molecule has 2 rings (SSSR count). The SMILES string of the molecule is CCN(CC)CCCCOc1ccc2c(c1)CCCN2. The molecule has 0 unspecified atom stereocenters. The molecule has 1 aliphatic heterocycles. The molecule has 1 heterocycles. The van der Waals surface area contributed by atoms with Crippen molar-refractivity contribution in [3.8, 4) is 5.75 Å².